The number of aryl methyl sites for hydroxylation is 1. The molecule has 4 heteroatoms. The van der Waals surface area contributed by atoms with Gasteiger partial charge in [0.25, 0.3) is 0 Å². The highest BCUT2D eigenvalue weighted by Crippen LogP contribution is 2.22. The molecule has 0 saturated heterocycles. The fourth-order valence-corrected chi connectivity index (χ4v) is 3.12. The minimum Gasteiger partial charge on any atom is -0.310 e. The lowest BCUT2D eigenvalue weighted by Gasteiger charge is -2.19. The third-order valence-corrected chi connectivity index (χ3v) is 4.42. The van der Waals surface area contributed by atoms with E-state index in [9.17, 15) is 8.78 Å². The molecule has 1 atom stereocenters. The fraction of sp³-hybridized carbons (Fsp3) is 0.412. The second kappa shape index (κ2) is 8.25. The van der Waals surface area contributed by atoms with Crippen molar-refractivity contribution in [2.75, 3.05) is 6.54 Å². The molecule has 0 fully saturated rings. The quantitative estimate of drug-likeness (QED) is 0.716. The van der Waals surface area contributed by atoms with E-state index in [0.29, 0.717) is 0 Å². The van der Waals surface area contributed by atoms with Gasteiger partial charge in [0.1, 0.15) is 0 Å². The van der Waals surface area contributed by atoms with Gasteiger partial charge >= 0.3 is 0 Å². The van der Waals surface area contributed by atoms with Gasteiger partial charge in [0.05, 0.1) is 0 Å². The van der Waals surface area contributed by atoms with Crippen molar-refractivity contribution in [1.82, 2.24) is 5.32 Å². The molecule has 1 aromatic heterocycles. The van der Waals surface area contributed by atoms with Crippen molar-refractivity contribution < 1.29 is 8.78 Å². The summed E-state index contributed by atoms with van der Waals surface area (Å²) in [6.07, 6.45) is 4.00. The molecule has 1 heterocycles. The molecule has 1 nitrogen and oxygen atoms in total. The monoisotopic (exact) mass is 309 g/mol. The Kier molecular flexibility index (Phi) is 6.33. The lowest BCUT2D eigenvalue weighted by Crippen LogP contribution is -2.22. The van der Waals surface area contributed by atoms with Crippen molar-refractivity contribution in [3.63, 3.8) is 0 Å². The standard InChI is InChI=1S/C17H21F2NS/c1-2-10-20-17(7-3-5-14-6-4-11-21-14)13-8-9-15(18)16(19)12-13/h4,6,8-9,11-12,17,20H,2-3,5,7,10H2,1H3. The van der Waals surface area contributed by atoms with Crippen molar-refractivity contribution in [2.24, 2.45) is 0 Å². The maximum atomic E-state index is 13.4. The van der Waals surface area contributed by atoms with Gasteiger partial charge < -0.3 is 5.32 Å². The molecule has 0 bridgehead atoms. The van der Waals surface area contributed by atoms with Crippen LogP contribution in [0.15, 0.2) is 35.7 Å². The molecule has 0 radical (unpaired) electrons. The van der Waals surface area contributed by atoms with Crippen molar-refractivity contribution in [2.45, 2.75) is 38.6 Å². The van der Waals surface area contributed by atoms with Crippen molar-refractivity contribution in [1.29, 1.82) is 0 Å². The molecule has 1 unspecified atom stereocenters. The predicted octanol–water partition coefficient (Wildman–Crippen LogP) is 5.09. The number of hydrogen-bond donors (Lipinski definition) is 1. The smallest absolute Gasteiger partial charge is 0.159 e. The van der Waals surface area contributed by atoms with E-state index in [1.165, 1.54) is 17.0 Å². The molecule has 1 aromatic carbocycles. The summed E-state index contributed by atoms with van der Waals surface area (Å²) < 4.78 is 26.5. The first-order valence-corrected chi connectivity index (χ1v) is 8.29. The second-order valence-corrected chi connectivity index (χ2v) is 6.18. The zero-order valence-electron chi connectivity index (χ0n) is 12.2. The van der Waals surface area contributed by atoms with Crippen LogP contribution in [0, 0.1) is 11.6 Å². The van der Waals surface area contributed by atoms with E-state index in [2.05, 4.69) is 29.8 Å². The normalized spacial score (nSPS) is 12.5. The van der Waals surface area contributed by atoms with Crippen molar-refractivity contribution >= 4 is 11.3 Å². The summed E-state index contributed by atoms with van der Waals surface area (Å²) in [6, 6.07) is 8.48. The number of nitrogens with one attached hydrogen (secondary N) is 1. The average Bonchev–Trinajstić information content (AvgIpc) is 2.99. The van der Waals surface area contributed by atoms with Crippen LogP contribution in [-0.4, -0.2) is 6.54 Å². The Hall–Kier alpha value is -1.26. The Morgan fingerprint density at radius 3 is 2.71 bits per heavy atom. The van der Waals surface area contributed by atoms with Crippen LogP contribution in [-0.2, 0) is 6.42 Å². The number of halogens is 2. The largest absolute Gasteiger partial charge is 0.310 e. The maximum absolute atomic E-state index is 13.4. The summed E-state index contributed by atoms with van der Waals surface area (Å²) in [4.78, 5) is 1.37. The summed E-state index contributed by atoms with van der Waals surface area (Å²) in [5.41, 5.74) is 0.827. The Morgan fingerprint density at radius 2 is 2.05 bits per heavy atom. The zero-order valence-corrected chi connectivity index (χ0v) is 13.1. The average molecular weight is 309 g/mol. The maximum Gasteiger partial charge on any atom is 0.159 e. The first-order chi connectivity index (χ1) is 10.2. The van der Waals surface area contributed by atoms with E-state index in [0.717, 1.165) is 37.8 Å². The number of benzene rings is 1. The Labute approximate surface area is 129 Å². The highest BCUT2D eigenvalue weighted by atomic mass is 32.1. The first-order valence-electron chi connectivity index (χ1n) is 7.41. The van der Waals surface area contributed by atoms with Crippen LogP contribution in [0.3, 0.4) is 0 Å². The number of thiophene rings is 1. The molecule has 114 valence electrons. The van der Waals surface area contributed by atoms with Gasteiger partial charge in [-0.1, -0.05) is 19.1 Å². The Morgan fingerprint density at radius 1 is 1.19 bits per heavy atom. The van der Waals surface area contributed by atoms with Crippen molar-refractivity contribution in [3.8, 4) is 0 Å². The van der Waals surface area contributed by atoms with E-state index in [1.54, 1.807) is 17.4 Å². The van der Waals surface area contributed by atoms with Crippen LogP contribution in [0.25, 0.3) is 0 Å². The zero-order chi connectivity index (χ0) is 15.1. The van der Waals surface area contributed by atoms with Crippen LogP contribution < -0.4 is 5.32 Å². The van der Waals surface area contributed by atoms with Gasteiger partial charge in [-0.2, -0.15) is 0 Å². The van der Waals surface area contributed by atoms with Crippen molar-refractivity contribution in [3.05, 3.63) is 57.8 Å². The van der Waals surface area contributed by atoms with Gasteiger partial charge in [-0.25, -0.2) is 8.78 Å². The molecule has 2 rings (SSSR count). The number of rotatable bonds is 8. The molecule has 0 aliphatic rings. The van der Waals surface area contributed by atoms with Gasteiger partial charge in [0.15, 0.2) is 11.6 Å². The third kappa shape index (κ3) is 4.90. The molecular formula is C17H21F2NS. The van der Waals surface area contributed by atoms with Gasteiger partial charge in [-0.15, -0.1) is 11.3 Å². The topological polar surface area (TPSA) is 12.0 Å². The van der Waals surface area contributed by atoms with Gasteiger partial charge in [-0.3, -0.25) is 0 Å². The molecule has 1 N–H and O–H groups in total. The van der Waals surface area contributed by atoms with Crippen LogP contribution in [0.4, 0.5) is 8.78 Å². The van der Waals surface area contributed by atoms with E-state index in [1.807, 2.05) is 0 Å². The Balaban J connectivity index is 1.97. The van der Waals surface area contributed by atoms with Crippen LogP contribution in [0.5, 0.6) is 0 Å². The van der Waals surface area contributed by atoms with Gasteiger partial charge in [0.2, 0.25) is 0 Å². The van der Waals surface area contributed by atoms with Crippen LogP contribution in [0.2, 0.25) is 0 Å². The van der Waals surface area contributed by atoms with E-state index < -0.39 is 11.6 Å². The highest BCUT2D eigenvalue weighted by Gasteiger charge is 2.13. The SMILES string of the molecule is CCCNC(CCCc1cccs1)c1ccc(F)c(F)c1. The van der Waals surface area contributed by atoms with Gasteiger partial charge in [-0.05, 0) is 61.4 Å². The molecule has 0 aliphatic carbocycles. The minimum absolute atomic E-state index is 0.0833. The molecule has 0 saturated carbocycles. The predicted molar refractivity (Wildman–Crippen MR) is 84.6 cm³/mol. The highest BCUT2D eigenvalue weighted by molar-refractivity contribution is 7.09. The van der Waals surface area contributed by atoms with E-state index in [4.69, 9.17) is 0 Å². The molecule has 0 amide bonds. The molecule has 2 aromatic rings. The van der Waals surface area contributed by atoms with Crippen LogP contribution in [0.1, 0.15) is 42.7 Å². The summed E-state index contributed by atoms with van der Waals surface area (Å²) in [6.45, 7) is 2.98. The summed E-state index contributed by atoms with van der Waals surface area (Å²) in [5, 5.41) is 5.51. The minimum atomic E-state index is -0.786. The van der Waals surface area contributed by atoms with E-state index >= 15 is 0 Å². The van der Waals surface area contributed by atoms with Crippen LogP contribution >= 0.6 is 11.3 Å². The Bertz CT molecular complexity index is 540. The fourth-order valence-electron chi connectivity index (χ4n) is 2.37. The second-order valence-electron chi connectivity index (χ2n) is 5.15. The molecular weight excluding hydrogens is 288 g/mol. The first kappa shape index (κ1) is 16.1. The van der Waals surface area contributed by atoms with E-state index in [-0.39, 0.29) is 6.04 Å². The summed E-state index contributed by atoms with van der Waals surface area (Å²) in [5.74, 6) is -1.55. The lowest BCUT2D eigenvalue weighted by molar-refractivity contribution is 0.472. The molecule has 0 aliphatic heterocycles. The molecule has 21 heavy (non-hydrogen) atoms. The third-order valence-electron chi connectivity index (χ3n) is 3.48. The lowest BCUT2D eigenvalue weighted by atomic mass is 10.00. The summed E-state index contributed by atoms with van der Waals surface area (Å²) >= 11 is 1.76. The van der Waals surface area contributed by atoms with Gasteiger partial charge in [0, 0.05) is 10.9 Å². The number of hydrogen-bond acceptors (Lipinski definition) is 2. The summed E-state index contributed by atoms with van der Waals surface area (Å²) in [7, 11) is 0. The molecule has 0 spiro atoms.